The van der Waals surface area contributed by atoms with Crippen molar-refractivity contribution in [3.63, 3.8) is 0 Å². The zero-order valence-corrected chi connectivity index (χ0v) is 12.6. The molecule has 2 aliphatic heterocycles. The van der Waals surface area contributed by atoms with E-state index >= 15 is 0 Å². The number of aromatic amines is 1. The molecule has 1 N–H and O–H groups in total. The molecule has 2 bridgehead atoms. The molecule has 1 aromatic heterocycles. The predicted octanol–water partition coefficient (Wildman–Crippen LogP) is 4.02. The molecule has 3 nitrogen and oxygen atoms in total. The molecule has 0 aliphatic carbocycles. The summed E-state index contributed by atoms with van der Waals surface area (Å²) in [6, 6.07) is 9.25. The van der Waals surface area contributed by atoms with Gasteiger partial charge in [0.25, 0.3) is 0 Å². The SMILES string of the molecule is Clc1ccc(-c2[nH]ncc2CN2C3C=CCC2CC3)cc1. The Balaban J connectivity index is 1.61. The molecule has 4 rings (SSSR count). The van der Waals surface area contributed by atoms with E-state index in [1.807, 2.05) is 30.5 Å². The normalized spacial score (nSPS) is 24.6. The van der Waals surface area contributed by atoms with Crippen LogP contribution in [-0.2, 0) is 6.54 Å². The summed E-state index contributed by atoms with van der Waals surface area (Å²) in [5.74, 6) is 0. The van der Waals surface area contributed by atoms with E-state index in [1.165, 1.54) is 24.8 Å². The van der Waals surface area contributed by atoms with E-state index in [4.69, 9.17) is 11.6 Å². The zero-order chi connectivity index (χ0) is 14.2. The smallest absolute Gasteiger partial charge is 0.0695 e. The summed E-state index contributed by atoms with van der Waals surface area (Å²) in [6.07, 6.45) is 10.5. The van der Waals surface area contributed by atoms with Gasteiger partial charge >= 0.3 is 0 Å². The Morgan fingerprint density at radius 1 is 1.24 bits per heavy atom. The van der Waals surface area contributed by atoms with Crippen molar-refractivity contribution >= 4 is 11.6 Å². The fourth-order valence-electron chi connectivity index (χ4n) is 3.56. The monoisotopic (exact) mass is 299 g/mol. The number of nitrogens with one attached hydrogen (secondary N) is 1. The molecule has 0 radical (unpaired) electrons. The number of H-pyrrole nitrogens is 1. The van der Waals surface area contributed by atoms with Gasteiger partial charge in [-0.3, -0.25) is 10.00 Å². The molecule has 2 atom stereocenters. The van der Waals surface area contributed by atoms with Gasteiger partial charge in [-0.2, -0.15) is 5.10 Å². The van der Waals surface area contributed by atoms with Crippen LogP contribution in [0.2, 0.25) is 5.02 Å². The van der Waals surface area contributed by atoms with E-state index in [2.05, 4.69) is 27.2 Å². The largest absolute Gasteiger partial charge is 0.289 e. The van der Waals surface area contributed by atoms with E-state index in [-0.39, 0.29) is 0 Å². The highest BCUT2D eigenvalue weighted by molar-refractivity contribution is 6.30. The van der Waals surface area contributed by atoms with E-state index in [0.29, 0.717) is 12.1 Å². The highest BCUT2D eigenvalue weighted by Crippen LogP contribution is 2.34. The first kappa shape index (κ1) is 13.1. The van der Waals surface area contributed by atoms with Crippen LogP contribution in [0.3, 0.4) is 0 Å². The topological polar surface area (TPSA) is 31.9 Å². The Labute approximate surface area is 129 Å². The summed E-state index contributed by atoms with van der Waals surface area (Å²) < 4.78 is 0. The lowest BCUT2D eigenvalue weighted by Gasteiger charge is -2.31. The molecule has 4 heteroatoms. The quantitative estimate of drug-likeness (QED) is 0.868. The van der Waals surface area contributed by atoms with Gasteiger partial charge in [0.2, 0.25) is 0 Å². The first-order chi connectivity index (χ1) is 10.3. The summed E-state index contributed by atoms with van der Waals surface area (Å²) in [7, 11) is 0. The number of hydrogen-bond acceptors (Lipinski definition) is 2. The van der Waals surface area contributed by atoms with Gasteiger partial charge < -0.3 is 0 Å². The molecule has 1 saturated heterocycles. The predicted molar refractivity (Wildman–Crippen MR) is 85.1 cm³/mol. The van der Waals surface area contributed by atoms with E-state index in [1.54, 1.807) is 0 Å². The molecule has 0 spiro atoms. The number of halogens is 1. The van der Waals surface area contributed by atoms with Crippen molar-refractivity contribution in [1.29, 1.82) is 0 Å². The molecule has 2 aliphatic rings. The van der Waals surface area contributed by atoms with Crippen LogP contribution in [0.4, 0.5) is 0 Å². The molecule has 0 amide bonds. The minimum atomic E-state index is 0.608. The molecule has 1 aromatic carbocycles. The first-order valence-electron chi connectivity index (χ1n) is 7.52. The minimum absolute atomic E-state index is 0.608. The summed E-state index contributed by atoms with van der Waals surface area (Å²) in [5, 5.41) is 8.16. The first-order valence-corrected chi connectivity index (χ1v) is 7.89. The Morgan fingerprint density at radius 3 is 2.90 bits per heavy atom. The Hall–Kier alpha value is -1.58. The molecule has 3 heterocycles. The van der Waals surface area contributed by atoms with Crippen LogP contribution in [0.1, 0.15) is 24.8 Å². The van der Waals surface area contributed by atoms with Crippen LogP contribution in [0.15, 0.2) is 42.6 Å². The number of hydrogen-bond donors (Lipinski definition) is 1. The standard InChI is InChI=1S/C17H18ClN3/c18-14-6-4-12(5-7-14)17-13(10-19-20-17)11-21-15-2-1-3-16(21)9-8-15/h1-2,4-7,10,15-16H,3,8-9,11H2,(H,19,20). The Kier molecular flexibility index (Phi) is 3.32. The van der Waals surface area contributed by atoms with Gasteiger partial charge in [0, 0.05) is 29.2 Å². The molecule has 0 saturated carbocycles. The molecular formula is C17H18ClN3. The minimum Gasteiger partial charge on any atom is -0.289 e. The van der Waals surface area contributed by atoms with Crippen LogP contribution >= 0.6 is 11.6 Å². The van der Waals surface area contributed by atoms with E-state index in [0.717, 1.165) is 22.8 Å². The second-order valence-electron chi connectivity index (χ2n) is 5.91. The van der Waals surface area contributed by atoms with Gasteiger partial charge in [0.1, 0.15) is 0 Å². The number of benzene rings is 1. The summed E-state index contributed by atoms with van der Waals surface area (Å²) in [5.41, 5.74) is 3.52. The van der Waals surface area contributed by atoms with Gasteiger partial charge in [-0.25, -0.2) is 0 Å². The maximum Gasteiger partial charge on any atom is 0.0695 e. The van der Waals surface area contributed by atoms with Crippen molar-refractivity contribution in [1.82, 2.24) is 15.1 Å². The van der Waals surface area contributed by atoms with Crippen molar-refractivity contribution in [2.45, 2.75) is 37.9 Å². The van der Waals surface area contributed by atoms with Crippen LogP contribution in [-0.4, -0.2) is 27.2 Å². The van der Waals surface area contributed by atoms with Crippen LogP contribution in [0.25, 0.3) is 11.3 Å². The highest BCUT2D eigenvalue weighted by Gasteiger charge is 2.34. The third-order valence-electron chi connectivity index (χ3n) is 4.66. The molecule has 1 fully saturated rings. The Morgan fingerprint density at radius 2 is 2.10 bits per heavy atom. The summed E-state index contributed by atoms with van der Waals surface area (Å²) in [6.45, 7) is 0.966. The van der Waals surface area contributed by atoms with Gasteiger partial charge in [-0.1, -0.05) is 35.9 Å². The van der Waals surface area contributed by atoms with Gasteiger partial charge in [-0.05, 0) is 37.0 Å². The lowest BCUT2D eigenvalue weighted by Crippen LogP contribution is -2.36. The average Bonchev–Trinajstić information content (AvgIpc) is 3.02. The van der Waals surface area contributed by atoms with Gasteiger partial charge in [-0.15, -0.1) is 0 Å². The fourth-order valence-corrected chi connectivity index (χ4v) is 3.68. The van der Waals surface area contributed by atoms with Gasteiger partial charge in [0.05, 0.1) is 11.9 Å². The van der Waals surface area contributed by atoms with Crippen molar-refractivity contribution in [3.05, 3.63) is 53.2 Å². The second kappa shape index (κ2) is 5.32. The molecule has 21 heavy (non-hydrogen) atoms. The van der Waals surface area contributed by atoms with Gasteiger partial charge in [0.15, 0.2) is 0 Å². The average molecular weight is 300 g/mol. The number of aromatic nitrogens is 2. The molecule has 2 aromatic rings. The molecule has 108 valence electrons. The Bertz CT molecular complexity index is 659. The second-order valence-corrected chi connectivity index (χ2v) is 6.35. The lowest BCUT2D eigenvalue weighted by atomic mass is 10.1. The lowest BCUT2D eigenvalue weighted by molar-refractivity contribution is 0.200. The van der Waals surface area contributed by atoms with E-state index in [9.17, 15) is 0 Å². The van der Waals surface area contributed by atoms with E-state index < -0.39 is 0 Å². The van der Waals surface area contributed by atoms with Crippen LogP contribution in [0, 0.1) is 0 Å². The maximum atomic E-state index is 5.97. The highest BCUT2D eigenvalue weighted by atomic mass is 35.5. The third-order valence-corrected chi connectivity index (χ3v) is 4.91. The van der Waals surface area contributed by atoms with Crippen molar-refractivity contribution < 1.29 is 0 Å². The summed E-state index contributed by atoms with van der Waals surface area (Å²) in [4.78, 5) is 2.62. The molecule has 2 unspecified atom stereocenters. The summed E-state index contributed by atoms with van der Waals surface area (Å²) >= 11 is 5.97. The van der Waals surface area contributed by atoms with Crippen LogP contribution in [0.5, 0.6) is 0 Å². The maximum absolute atomic E-state index is 5.97. The zero-order valence-electron chi connectivity index (χ0n) is 11.8. The van der Waals surface area contributed by atoms with Crippen molar-refractivity contribution in [2.24, 2.45) is 0 Å². The number of nitrogens with zero attached hydrogens (tertiary/aromatic N) is 2. The molecular weight excluding hydrogens is 282 g/mol. The van der Waals surface area contributed by atoms with Crippen molar-refractivity contribution in [2.75, 3.05) is 0 Å². The van der Waals surface area contributed by atoms with Crippen molar-refractivity contribution in [3.8, 4) is 11.3 Å². The van der Waals surface area contributed by atoms with Crippen LogP contribution < -0.4 is 0 Å². The number of rotatable bonds is 3. The third kappa shape index (κ3) is 2.41. The number of fused-ring (bicyclic) bond motifs is 2. The fraction of sp³-hybridized carbons (Fsp3) is 0.353.